The molecule has 9 heteroatoms. The summed E-state index contributed by atoms with van der Waals surface area (Å²) in [6, 6.07) is 21.5. The number of carbonyl (C=O) groups is 4. The van der Waals surface area contributed by atoms with E-state index in [2.05, 4.69) is 10.6 Å². The van der Waals surface area contributed by atoms with E-state index in [0.717, 1.165) is 29.2 Å². The Morgan fingerprint density at radius 2 is 1.66 bits per heavy atom. The van der Waals surface area contributed by atoms with E-state index >= 15 is 0 Å². The molecule has 3 aromatic rings. The molecule has 0 radical (unpaired) electrons. The summed E-state index contributed by atoms with van der Waals surface area (Å²) >= 11 is 0. The van der Waals surface area contributed by atoms with Gasteiger partial charge in [0.15, 0.2) is 0 Å². The minimum Gasteiger partial charge on any atom is -0.463 e. The van der Waals surface area contributed by atoms with Crippen LogP contribution in [-0.2, 0) is 30.3 Å². The van der Waals surface area contributed by atoms with Crippen molar-refractivity contribution in [3.63, 3.8) is 0 Å². The van der Waals surface area contributed by atoms with Crippen LogP contribution in [0.1, 0.15) is 37.7 Å². The van der Waals surface area contributed by atoms with Gasteiger partial charge in [-0.1, -0.05) is 72.8 Å². The van der Waals surface area contributed by atoms with Gasteiger partial charge in [0.05, 0.1) is 24.5 Å². The van der Waals surface area contributed by atoms with Crippen molar-refractivity contribution in [1.29, 1.82) is 0 Å². The van der Waals surface area contributed by atoms with Gasteiger partial charge in [0.25, 0.3) is 5.91 Å². The molecular formula is C35H39N3O6. The van der Waals surface area contributed by atoms with Crippen molar-refractivity contribution in [1.82, 2.24) is 10.2 Å². The number of cyclic esters (lactones) is 1. The Morgan fingerprint density at radius 3 is 2.43 bits per heavy atom. The maximum Gasteiger partial charge on any atom is 0.309 e. The largest absolute Gasteiger partial charge is 0.463 e. The van der Waals surface area contributed by atoms with E-state index in [1.807, 2.05) is 78.9 Å². The van der Waals surface area contributed by atoms with E-state index in [1.165, 1.54) is 0 Å². The maximum absolute atomic E-state index is 13.6. The zero-order valence-electron chi connectivity index (χ0n) is 24.7. The number of hydrogen-bond donors (Lipinski definition) is 3. The summed E-state index contributed by atoms with van der Waals surface area (Å²) in [5.41, 5.74) is 1.53. The van der Waals surface area contributed by atoms with Crippen LogP contribution in [-0.4, -0.2) is 65.5 Å². The van der Waals surface area contributed by atoms with E-state index < -0.39 is 35.7 Å². The number of allylic oxidation sites excluding steroid dienone is 2. The molecule has 44 heavy (non-hydrogen) atoms. The lowest BCUT2D eigenvalue weighted by Gasteiger charge is -2.27. The van der Waals surface area contributed by atoms with Crippen LogP contribution in [0, 0.1) is 11.8 Å². The number of fused-ring (bicyclic) bond motifs is 1. The molecule has 5 rings (SSSR count). The Labute approximate surface area is 257 Å². The second-order valence-electron chi connectivity index (χ2n) is 11.5. The number of carbonyl (C=O) groups excluding carboxylic acids is 4. The van der Waals surface area contributed by atoms with Gasteiger partial charge < -0.3 is 25.4 Å². The van der Waals surface area contributed by atoms with Crippen LogP contribution in [0.4, 0.5) is 5.69 Å². The monoisotopic (exact) mass is 597 g/mol. The molecule has 3 aromatic carbocycles. The normalized spacial score (nSPS) is 22.9. The Morgan fingerprint density at radius 1 is 0.932 bits per heavy atom. The molecule has 1 saturated heterocycles. The van der Waals surface area contributed by atoms with Crippen LogP contribution in [0.25, 0.3) is 10.8 Å². The van der Waals surface area contributed by atoms with Gasteiger partial charge >= 0.3 is 5.97 Å². The minimum absolute atomic E-state index is 0.0566. The maximum atomic E-state index is 13.6. The van der Waals surface area contributed by atoms with E-state index in [-0.39, 0.29) is 38.0 Å². The first-order valence-corrected chi connectivity index (χ1v) is 15.3. The van der Waals surface area contributed by atoms with Gasteiger partial charge in [-0.2, -0.15) is 0 Å². The average Bonchev–Trinajstić information content (AvgIpc) is 3.53. The van der Waals surface area contributed by atoms with Crippen molar-refractivity contribution >= 4 is 40.2 Å². The molecule has 3 N–H and O–H groups in total. The summed E-state index contributed by atoms with van der Waals surface area (Å²) in [7, 11) is 0. The van der Waals surface area contributed by atoms with Crippen molar-refractivity contribution in [3.05, 3.63) is 90.5 Å². The fourth-order valence-corrected chi connectivity index (χ4v) is 5.90. The number of rotatable bonds is 7. The number of aliphatic hydroxyl groups is 1. The second kappa shape index (κ2) is 14.8. The predicted octanol–water partition coefficient (Wildman–Crippen LogP) is 4.00. The number of nitrogens with one attached hydrogen (secondary N) is 2. The summed E-state index contributed by atoms with van der Waals surface area (Å²) in [6.45, 7) is 0.0776. The van der Waals surface area contributed by atoms with Gasteiger partial charge in [0.2, 0.25) is 11.8 Å². The molecule has 0 aromatic heterocycles. The first kappa shape index (κ1) is 30.9. The molecular weight excluding hydrogens is 558 g/mol. The highest BCUT2D eigenvalue weighted by Gasteiger charge is 2.33. The minimum atomic E-state index is -1.17. The molecule has 2 aliphatic rings. The number of esters is 1. The van der Waals surface area contributed by atoms with E-state index in [0.29, 0.717) is 25.1 Å². The highest BCUT2D eigenvalue weighted by Crippen LogP contribution is 2.23. The lowest BCUT2D eigenvalue weighted by Crippen LogP contribution is -2.50. The summed E-state index contributed by atoms with van der Waals surface area (Å²) in [5.74, 6) is -2.88. The molecule has 3 amide bonds. The van der Waals surface area contributed by atoms with E-state index in [9.17, 15) is 24.3 Å². The predicted molar refractivity (Wildman–Crippen MR) is 167 cm³/mol. The number of anilines is 1. The number of ether oxygens (including phenoxy) is 1. The third kappa shape index (κ3) is 7.90. The van der Waals surface area contributed by atoms with Crippen LogP contribution in [0.15, 0.2) is 84.9 Å². The smallest absolute Gasteiger partial charge is 0.309 e. The summed E-state index contributed by atoms with van der Waals surface area (Å²) in [6.07, 6.45) is 6.27. The summed E-state index contributed by atoms with van der Waals surface area (Å²) < 4.78 is 5.66. The van der Waals surface area contributed by atoms with Crippen molar-refractivity contribution in [3.8, 4) is 0 Å². The molecule has 0 bridgehead atoms. The van der Waals surface area contributed by atoms with Crippen LogP contribution in [0.3, 0.4) is 0 Å². The van der Waals surface area contributed by atoms with Gasteiger partial charge in [-0.3, -0.25) is 19.2 Å². The van der Waals surface area contributed by atoms with Crippen molar-refractivity contribution in [2.24, 2.45) is 11.8 Å². The average molecular weight is 598 g/mol. The highest BCUT2D eigenvalue weighted by atomic mass is 16.5. The zero-order chi connectivity index (χ0) is 30.9. The standard InChI is InChI=1S/C35H39N3O6/c39-22-30-15-8-18-38(30)32(40)21-27-13-6-7-14-28(19-24-9-2-1-3-10-24)35(43)44-23-31(37-33(27)41)34(42)36-29-17-16-25-11-4-5-12-26(25)20-29/h1-7,9-12,16-17,20,27-28,30-31,39H,8,13-15,18-19,21-23H2,(H,36,42)(H,37,41)/t27-,28-,30+,31+/m1/s1. The Bertz CT molecular complexity index is 1510. The molecule has 0 unspecified atom stereocenters. The van der Waals surface area contributed by atoms with Gasteiger partial charge in [-0.05, 0) is 60.6 Å². The van der Waals surface area contributed by atoms with Crippen LogP contribution >= 0.6 is 0 Å². The van der Waals surface area contributed by atoms with E-state index in [4.69, 9.17) is 4.74 Å². The molecule has 4 atom stereocenters. The van der Waals surface area contributed by atoms with Gasteiger partial charge in [0, 0.05) is 18.7 Å². The molecule has 9 nitrogen and oxygen atoms in total. The fraction of sp³-hybridized carbons (Fsp3) is 0.371. The quantitative estimate of drug-likeness (QED) is 0.279. The number of nitrogens with zero attached hydrogens (tertiary/aromatic N) is 1. The van der Waals surface area contributed by atoms with Gasteiger partial charge in [0.1, 0.15) is 12.6 Å². The first-order valence-electron chi connectivity index (χ1n) is 15.3. The molecule has 0 aliphatic carbocycles. The van der Waals surface area contributed by atoms with Crippen molar-refractivity contribution in [2.45, 2.75) is 50.6 Å². The number of aliphatic hydroxyl groups excluding tert-OH is 1. The Kier molecular flexibility index (Phi) is 10.4. The van der Waals surface area contributed by atoms with Crippen LogP contribution in [0.5, 0.6) is 0 Å². The number of amides is 3. The van der Waals surface area contributed by atoms with Crippen LogP contribution < -0.4 is 10.6 Å². The molecule has 0 spiro atoms. The Hall–Kier alpha value is -4.50. The lowest BCUT2D eigenvalue weighted by molar-refractivity contribution is -0.150. The van der Waals surface area contributed by atoms with E-state index in [1.54, 1.807) is 11.0 Å². The van der Waals surface area contributed by atoms with Gasteiger partial charge in [-0.25, -0.2) is 0 Å². The second-order valence-corrected chi connectivity index (χ2v) is 11.5. The van der Waals surface area contributed by atoms with Crippen molar-refractivity contribution in [2.75, 3.05) is 25.1 Å². The first-order chi connectivity index (χ1) is 21.4. The highest BCUT2D eigenvalue weighted by molar-refractivity contribution is 5.99. The number of likely N-dealkylation sites (tertiary alicyclic amines) is 1. The Balaban J connectivity index is 1.36. The third-order valence-corrected chi connectivity index (χ3v) is 8.41. The third-order valence-electron chi connectivity index (χ3n) is 8.41. The fourth-order valence-electron chi connectivity index (χ4n) is 5.90. The number of benzene rings is 3. The molecule has 1 fully saturated rings. The molecule has 230 valence electrons. The summed E-state index contributed by atoms with van der Waals surface area (Å²) in [5, 5.41) is 17.3. The van der Waals surface area contributed by atoms with Crippen molar-refractivity contribution < 1.29 is 29.0 Å². The van der Waals surface area contributed by atoms with Crippen LogP contribution in [0.2, 0.25) is 0 Å². The SMILES string of the molecule is O=C1N[C@H](C(=O)Nc2ccc3ccccc3c2)COC(=O)[C@@H](Cc2ccccc2)CC=CC[C@@H]1CC(=O)N1CCC[C@H]1CO. The topological polar surface area (TPSA) is 125 Å². The summed E-state index contributed by atoms with van der Waals surface area (Å²) in [4.78, 5) is 55.2. The molecule has 2 aliphatic heterocycles. The zero-order valence-corrected chi connectivity index (χ0v) is 24.7. The molecule has 0 saturated carbocycles. The number of hydrogen-bond acceptors (Lipinski definition) is 6. The molecule has 2 heterocycles. The lowest BCUT2D eigenvalue weighted by atomic mass is 9.94. The van der Waals surface area contributed by atoms with Gasteiger partial charge in [-0.15, -0.1) is 0 Å².